The van der Waals surface area contributed by atoms with Crippen LogP contribution in [0.3, 0.4) is 0 Å². The molecule has 2 rings (SSSR count). The standard InChI is InChI=1S/C12H13ClF4N2OS/c13-9-2-1-8(21-9)7-18-3-5-19(6-4-18)11(20)12(16,17)10(14)15/h1-2,10H,3-7H2. The average Bonchev–Trinajstić information content (AvgIpc) is 2.84. The third-order valence-electron chi connectivity index (χ3n) is 3.23. The second-order valence-electron chi connectivity index (χ2n) is 4.70. The molecule has 1 saturated heterocycles. The van der Waals surface area contributed by atoms with Crippen molar-refractivity contribution in [3.05, 3.63) is 21.3 Å². The van der Waals surface area contributed by atoms with Gasteiger partial charge in [-0.2, -0.15) is 8.78 Å². The van der Waals surface area contributed by atoms with Crippen LogP contribution < -0.4 is 0 Å². The Balaban J connectivity index is 1.87. The summed E-state index contributed by atoms with van der Waals surface area (Å²) in [6.45, 7) is 1.35. The predicted octanol–water partition coefficient (Wildman–Crippen LogP) is 2.95. The van der Waals surface area contributed by atoms with Gasteiger partial charge in [-0.05, 0) is 12.1 Å². The first-order valence-corrected chi connectivity index (χ1v) is 7.42. The van der Waals surface area contributed by atoms with Crippen molar-refractivity contribution in [2.45, 2.75) is 18.9 Å². The number of alkyl halides is 4. The van der Waals surface area contributed by atoms with E-state index in [1.54, 1.807) is 6.07 Å². The second-order valence-corrected chi connectivity index (χ2v) is 6.50. The number of rotatable bonds is 4. The lowest BCUT2D eigenvalue weighted by molar-refractivity contribution is -0.182. The number of piperazine rings is 1. The minimum atomic E-state index is -4.61. The number of carbonyl (C=O) groups is 1. The van der Waals surface area contributed by atoms with Crippen molar-refractivity contribution in [1.82, 2.24) is 9.80 Å². The van der Waals surface area contributed by atoms with Crippen molar-refractivity contribution in [3.8, 4) is 0 Å². The first-order valence-electron chi connectivity index (χ1n) is 6.22. The SMILES string of the molecule is O=C(N1CCN(Cc2ccc(Cl)s2)CC1)C(F)(F)C(F)F. The topological polar surface area (TPSA) is 23.6 Å². The van der Waals surface area contributed by atoms with E-state index in [0.717, 1.165) is 9.78 Å². The maximum Gasteiger partial charge on any atom is 0.383 e. The lowest BCUT2D eigenvalue weighted by atomic mass is 10.2. The van der Waals surface area contributed by atoms with Crippen LogP contribution in [0.15, 0.2) is 12.1 Å². The molecule has 9 heteroatoms. The first-order chi connectivity index (χ1) is 9.80. The van der Waals surface area contributed by atoms with Gasteiger partial charge in [0.25, 0.3) is 5.91 Å². The minimum absolute atomic E-state index is 0.0141. The number of halogens is 5. The Morgan fingerprint density at radius 2 is 1.90 bits per heavy atom. The molecule has 21 heavy (non-hydrogen) atoms. The number of nitrogens with zero attached hydrogens (tertiary/aromatic N) is 2. The average molecular weight is 345 g/mol. The summed E-state index contributed by atoms with van der Waals surface area (Å²) in [7, 11) is 0. The molecule has 0 radical (unpaired) electrons. The van der Waals surface area contributed by atoms with Gasteiger partial charge in [-0.15, -0.1) is 11.3 Å². The maximum atomic E-state index is 13.0. The smallest absolute Gasteiger partial charge is 0.335 e. The van der Waals surface area contributed by atoms with Crippen molar-refractivity contribution in [2.75, 3.05) is 26.2 Å². The highest BCUT2D eigenvalue weighted by Gasteiger charge is 2.51. The van der Waals surface area contributed by atoms with Crippen molar-refractivity contribution in [3.63, 3.8) is 0 Å². The van der Waals surface area contributed by atoms with Gasteiger partial charge in [0.15, 0.2) is 0 Å². The van der Waals surface area contributed by atoms with E-state index in [1.807, 2.05) is 11.0 Å². The zero-order valence-corrected chi connectivity index (χ0v) is 12.4. The lowest BCUT2D eigenvalue weighted by Gasteiger charge is -2.35. The van der Waals surface area contributed by atoms with Gasteiger partial charge >= 0.3 is 12.3 Å². The van der Waals surface area contributed by atoms with E-state index in [9.17, 15) is 22.4 Å². The van der Waals surface area contributed by atoms with Crippen molar-refractivity contribution < 1.29 is 22.4 Å². The summed E-state index contributed by atoms with van der Waals surface area (Å²) < 4.78 is 51.0. The van der Waals surface area contributed by atoms with Gasteiger partial charge in [0.2, 0.25) is 0 Å². The lowest BCUT2D eigenvalue weighted by Crippen LogP contribution is -2.54. The quantitative estimate of drug-likeness (QED) is 0.784. The highest BCUT2D eigenvalue weighted by atomic mass is 35.5. The molecule has 0 unspecified atom stereocenters. The largest absolute Gasteiger partial charge is 0.383 e. The Morgan fingerprint density at radius 3 is 2.38 bits per heavy atom. The minimum Gasteiger partial charge on any atom is -0.335 e. The first kappa shape index (κ1) is 16.5. The fourth-order valence-corrected chi connectivity index (χ4v) is 3.20. The van der Waals surface area contributed by atoms with Crippen LogP contribution in [0, 0.1) is 0 Å². The molecule has 1 fully saturated rings. The van der Waals surface area contributed by atoms with Gasteiger partial charge in [-0.1, -0.05) is 11.6 Å². The van der Waals surface area contributed by atoms with Crippen molar-refractivity contribution in [1.29, 1.82) is 0 Å². The summed E-state index contributed by atoms with van der Waals surface area (Å²) in [4.78, 5) is 15.2. The molecule has 2 heterocycles. The molecule has 0 spiro atoms. The summed E-state index contributed by atoms with van der Waals surface area (Å²) >= 11 is 7.24. The van der Waals surface area contributed by atoms with Crippen molar-refractivity contribution in [2.24, 2.45) is 0 Å². The molecular weight excluding hydrogens is 332 g/mol. The zero-order chi connectivity index (χ0) is 15.6. The molecule has 1 aromatic heterocycles. The zero-order valence-electron chi connectivity index (χ0n) is 10.9. The molecule has 0 N–H and O–H groups in total. The van der Waals surface area contributed by atoms with Crippen LogP contribution in [0.2, 0.25) is 4.34 Å². The Morgan fingerprint density at radius 1 is 1.29 bits per heavy atom. The third kappa shape index (κ3) is 3.87. The fraction of sp³-hybridized carbons (Fsp3) is 0.583. The van der Waals surface area contributed by atoms with E-state index in [2.05, 4.69) is 0 Å². The molecule has 3 nitrogen and oxygen atoms in total. The van der Waals surface area contributed by atoms with Gasteiger partial charge in [0.1, 0.15) is 0 Å². The number of amides is 1. The van der Waals surface area contributed by atoms with Gasteiger partial charge in [-0.3, -0.25) is 9.69 Å². The molecule has 1 aliphatic heterocycles. The molecule has 0 aromatic carbocycles. The van der Waals surface area contributed by atoms with Crippen LogP contribution in [0.5, 0.6) is 0 Å². The molecule has 0 bridgehead atoms. The molecule has 0 aliphatic carbocycles. The Labute approximate surface area is 128 Å². The third-order valence-corrected chi connectivity index (χ3v) is 4.44. The second kappa shape index (κ2) is 6.50. The summed E-state index contributed by atoms with van der Waals surface area (Å²) in [5, 5.41) is 0. The Hall–Kier alpha value is -0.860. The van der Waals surface area contributed by atoms with Crippen LogP contribution in [-0.4, -0.2) is 54.2 Å². The van der Waals surface area contributed by atoms with Crippen LogP contribution in [0.25, 0.3) is 0 Å². The van der Waals surface area contributed by atoms with Gasteiger partial charge in [-0.25, -0.2) is 8.78 Å². The molecular formula is C12H13ClF4N2OS. The highest BCUT2D eigenvalue weighted by molar-refractivity contribution is 7.16. The molecule has 1 aliphatic rings. The van der Waals surface area contributed by atoms with Crippen LogP contribution in [0.4, 0.5) is 17.6 Å². The van der Waals surface area contributed by atoms with E-state index in [4.69, 9.17) is 11.6 Å². The Bertz CT molecular complexity index is 503. The Kier molecular flexibility index (Phi) is 5.11. The van der Waals surface area contributed by atoms with E-state index < -0.39 is 18.3 Å². The van der Waals surface area contributed by atoms with Crippen molar-refractivity contribution >= 4 is 28.8 Å². The van der Waals surface area contributed by atoms with E-state index >= 15 is 0 Å². The maximum absolute atomic E-state index is 13.0. The normalized spacial score (nSPS) is 17.5. The molecule has 0 saturated carbocycles. The number of thiophene rings is 1. The van der Waals surface area contributed by atoms with Gasteiger partial charge in [0, 0.05) is 37.6 Å². The number of hydrogen-bond acceptors (Lipinski definition) is 3. The van der Waals surface area contributed by atoms with Gasteiger partial charge in [0.05, 0.1) is 4.34 Å². The summed E-state index contributed by atoms with van der Waals surface area (Å²) in [5.41, 5.74) is 0. The fourth-order valence-electron chi connectivity index (χ4n) is 2.07. The monoisotopic (exact) mass is 344 g/mol. The number of hydrogen-bond donors (Lipinski definition) is 0. The predicted molar refractivity (Wildman–Crippen MR) is 72.1 cm³/mol. The van der Waals surface area contributed by atoms with Crippen LogP contribution >= 0.6 is 22.9 Å². The molecule has 1 amide bonds. The molecule has 118 valence electrons. The van der Waals surface area contributed by atoms with Gasteiger partial charge < -0.3 is 4.90 Å². The van der Waals surface area contributed by atoms with E-state index in [-0.39, 0.29) is 13.1 Å². The van der Waals surface area contributed by atoms with Crippen LogP contribution in [0.1, 0.15) is 4.88 Å². The molecule has 1 aromatic rings. The van der Waals surface area contributed by atoms with E-state index in [0.29, 0.717) is 24.0 Å². The number of carbonyl (C=O) groups excluding carboxylic acids is 1. The molecule has 0 atom stereocenters. The summed E-state index contributed by atoms with van der Waals surface area (Å²) in [6, 6.07) is 3.64. The van der Waals surface area contributed by atoms with E-state index in [1.165, 1.54) is 11.3 Å². The van der Waals surface area contributed by atoms with Crippen LogP contribution in [-0.2, 0) is 11.3 Å². The summed E-state index contributed by atoms with van der Waals surface area (Å²) in [6.07, 6.45) is -3.98. The highest BCUT2D eigenvalue weighted by Crippen LogP contribution is 2.27. The summed E-state index contributed by atoms with van der Waals surface area (Å²) in [5.74, 6) is -6.40.